The summed E-state index contributed by atoms with van der Waals surface area (Å²) in [5, 5.41) is 2.54. The molecule has 1 heterocycles. The van der Waals surface area contributed by atoms with E-state index in [9.17, 15) is 14.4 Å². The molecular formula is C15H23N3O5. The molecule has 128 valence electrons. The molecule has 0 radical (unpaired) electrons. The average molecular weight is 325 g/mol. The summed E-state index contributed by atoms with van der Waals surface area (Å²) in [6, 6.07) is -0.850. The van der Waals surface area contributed by atoms with E-state index in [1.165, 1.54) is 7.11 Å². The van der Waals surface area contributed by atoms with Crippen molar-refractivity contribution >= 4 is 17.8 Å². The van der Waals surface area contributed by atoms with E-state index in [0.717, 1.165) is 0 Å². The number of amides is 2. The van der Waals surface area contributed by atoms with Crippen LogP contribution in [0, 0.1) is 13.8 Å². The zero-order chi connectivity index (χ0) is 17.6. The first-order valence-corrected chi connectivity index (χ1v) is 7.28. The van der Waals surface area contributed by atoms with Crippen LogP contribution in [0.25, 0.3) is 0 Å². The Bertz CT molecular complexity index is 594. The van der Waals surface area contributed by atoms with Crippen LogP contribution in [0.2, 0.25) is 0 Å². The summed E-state index contributed by atoms with van der Waals surface area (Å²) in [5.74, 6) is -1.66. The lowest BCUT2D eigenvalue weighted by molar-refractivity contribution is -0.120. The number of hydrogen-bond donors (Lipinski definition) is 3. The Morgan fingerprint density at radius 1 is 1.30 bits per heavy atom. The number of primary amides is 1. The van der Waals surface area contributed by atoms with E-state index in [1.807, 2.05) is 0 Å². The van der Waals surface area contributed by atoms with Crippen LogP contribution < -0.4 is 11.1 Å². The molecule has 8 nitrogen and oxygen atoms in total. The number of ether oxygens (including phenoxy) is 2. The third kappa shape index (κ3) is 4.56. The van der Waals surface area contributed by atoms with Gasteiger partial charge in [0.1, 0.15) is 11.7 Å². The topological polar surface area (TPSA) is 124 Å². The minimum absolute atomic E-state index is 0.203. The van der Waals surface area contributed by atoms with Gasteiger partial charge in [-0.15, -0.1) is 0 Å². The van der Waals surface area contributed by atoms with E-state index >= 15 is 0 Å². The zero-order valence-electron chi connectivity index (χ0n) is 13.8. The number of hydrogen-bond acceptors (Lipinski definition) is 5. The smallest absolute Gasteiger partial charge is 0.340 e. The van der Waals surface area contributed by atoms with Gasteiger partial charge < -0.3 is 25.5 Å². The summed E-state index contributed by atoms with van der Waals surface area (Å²) >= 11 is 0. The highest BCUT2D eigenvalue weighted by Gasteiger charge is 2.25. The van der Waals surface area contributed by atoms with Crippen LogP contribution in [0.1, 0.15) is 45.4 Å². The van der Waals surface area contributed by atoms with Crippen LogP contribution in [0.4, 0.5) is 0 Å². The number of esters is 1. The number of methoxy groups -OCH3 is 1. The fourth-order valence-corrected chi connectivity index (χ4v) is 2.24. The Balaban J connectivity index is 2.98. The minimum Gasteiger partial charge on any atom is -0.462 e. The maximum atomic E-state index is 12.3. The van der Waals surface area contributed by atoms with E-state index < -0.39 is 23.8 Å². The number of aryl methyl sites for hydroxylation is 1. The lowest BCUT2D eigenvalue weighted by atomic mass is 10.1. The number of nitrogens with two attached hydrogens (primary N) is 1. The molecule has 0 aromatic carbocycles. The molecule has 8 heteroatoms. The molecule has 0 bridgehead atoms. The van der Waals surface area contributed by atoms with Crippen molar-refractivity contribution in [3.63, 3.8) is 0 Å². The first-order chi connectivity index (χ1) is 10.8. The summed E-state index contributed by atoms with van der Waals surface area (Å²) in [6.07, 6.45) is 0.265. The molecule has 0 saturated heterocycles. The second-order valence-electron chi connectivity index (χ2n) is 5.06. The highest BCUT2D eigenvalue weighted by atomic mass is 16.5. The quantitative estimate of drug-likeness (QED) is 0.598. The Hall–Kier alpha value is -2.35. The Morgan fingerprint density at radius 2 is 1.96 bits per heavy atom. The number of carbonyl (C=O) groups excluding carboxylic acids is 3. The summed E-state index contributed by atoms with van der Waals surface area (Å²) < 4.78 is 9.86. The number of nitrogens with one attached hydrogen (secondary N) is 2. The molecule has 0 saturated carbocycles. The summed E-state index contributed by atoms with van der Waals surface area (Å²) in [5.41, 5.74) is 6.79. The third-order valence-corrected chi connectivity index (χ3v) is 3.40. The van der Waals surface area contributed by atoms with Crippen molar-refractivity contribution in [2.45, 2.75) is 33.2 Å². The molecule has 4 N–H and O–H groups in total. The van der Waals surface area contributed by atoms with E-state index in [-0.39, 0.29) is 25.3 Å². The Kier molecular flexibility index (Phi) is 6.77. The number of rotatable bonds is 8. The molecule has 0 aliphatic heterocycles. The highest BCUT2D eigenvalue weighted by molar-refractivity contribution is 6.01. The molecule has 2 amide bonds. The largest absolute Gasteiger partial charge is 0.462 e. The van der Waals surface area contributed by atoms with Crippen LogP contribution in [0.3, 0.4) is 0 Å². The first-order valence-electron chi connectivity index (χ1n) is 7.28. The molecule has 1 atom stereocenters. The molecule has 23 heavy (non-hydrogen) atoms. The minimum atomic E-state index is -0.850. The fraction of sp³-hybridized carbons (Fsp3) is 0.533. The third-order valence-electron chi connectivity index (χ3n) is 3.40. The number of carbonyl (C=O) groups is 3. The maximum absolute atomic E-state index is 12.3. The normalized spacial score (nSPS) is 11.8. The van der Waals surface area contributed by atoms with Crippen molar-refractivity contribution in [3.8, 4) is 0 Å². The van der Waals surface area contributed by atoms with Gasteiger partial charge in [0.25, 0.3) is 5.91 Å². The Labute approximate surface area is 134 Å². The van der Waals surface area contributed by atoms with Crippen molar-refractivity contribution in [2.24, 2.45) is 5.73 Å². The number of aromatic nitrogens is 1. The van der Waals surface area contributed by atoms with Gasteiger partial charge in [0.05, 0.1) is 12.2 Å². The van der Waals surface area contributed by atoms with Crippen LogP contribution in [-0.2, 0) is 14.3 Å². The van der Waals surface area contributed by atoms with Crippen molar-refractivity contribution in [2.75, 3.05) is 20.3 Å². The van der Waals surface area contributed by atoms with Gasteiger partial charge >= 0.3 is 5.97 Å². The van der Waals surface area contributed by atoms with E-state index in [0.29, 0.717) is 16.8 Å². The summed E-state index contributed by atoms with van der Waals surface area (Å²) in [6.45, 7) is 5.54. The van der Waals surface area contributed by atoms with Crippen molar-refractivity contribution in [1.29, 1.82) is 0 Å². The predicted molar refractivity (Wildman–Crippen MR) is 83.2 cm³/mol. The van der Waals surface area contributed by atoms with Gasteiger partial charge in [0.15, 0.2) is 0 Å². The van der Waals surface area contributed by atoms with E-state index in [1.54, 1.807) is 20.8 Å². The number of H-pyrrole nitrogens is 1. The molecule has 0 fully saturated rings. The first kappa shape index (κ1) is 18.7. The molecule has 0 unspecified atom stereocenters. The average Bonchev–Trinajstić information content (AvgIpc) is 2.78. The fourth-order valence-electron chi connectivity index (χ4n) is 2.24. The maximum Gasteiger partial charge on any atom is 0.340 e. The second-order valence-corrected chi connectivity index (χ2v) is 5.06. The molecule has 1 aromatic heterocycles. The second kappa shape index (κ2) is 8.33. The van der Waals surface area contributed by atoms with Gasteiger partial charge in [-0.05, 0) is 32.8 Å². The predicted octanol–water partition coefficient (Wildman–Crippen LogP) is 0.428. The zero-order valence-corrected chi connectivity index (χ0v) is 13.8. The van der Waals surface area contributed by atoms with Crippen LogP contribution in [0.15, 0.2) is 0 Å². The number of aromatic amines is 1. The lowest BCUT2D eigenvalue weighted by Crippen LogP contribution is -2.45. The van der Waals surface area contributed by atoms with Crippen molar-refractivity contribution in [1.82, 2.24) is 10.3 Å². The van der Waals surface area contributed by atoms with Gasteiger partial charge in [-0.3, -0.25) is 9.59 Å². The van der Waals surface area contributed by atoms with Crippen LogP contribution >= 0.6 is 0 Å². The van der Waals surface area contributed by atoms with Gasteiger partial charge in [-0.25, -0.2) is 4.79 Å². The van der Waals surface area contributed by atoms with Crippen molar-refractivity contribution in [3.05, 3.63) is 22.5 Å². The molecule has 1 aromatic rings. The van der Waals surface area contributed by atoms with Gasteiger partial charge in [0, 0.05) is 19.4 Å². The van der Waals surface area contributed by atoms with Crippen LogP contribution in [0.5, 0.6) is 0 Å². The highest BCUT2D eigenvalue weighted by Crippen LogP contribution is 2.19. The van der Waals surface area contributed by atoms with Gasteiger partial charge in [-0.2, -0.15) is 0 Å². The Morgan fingerprint density at radius 3 is 2.48 bits per heavy atom. The summed E-state index contributed by atoms with van der Waals surface area (Å²) in [7, 11) is 1.49. The van der Waals surface area contributed by atoms with Crippen molar-refractivity contribution < 1.29 is 23.9 Å². The molecule has 1 rings (SSSR count). The SMILES string of the molecule is CCOC(=O)c1c(C)[nH]c(C(=O)N[C@@H](CCOC)C(N)=O)c1C. The lowest BCUT2D eigenvalue weighted by Gasteiger charge is -2.14. The molecule has 0 aliphatic carbocycles. The summed E-state index contributed by atoms with van der Waals surface area (Å²) in [4.78, 5) is 38.5. The van der Waals surface area contributed by atoms with E-state index in [2.05, 4.69) is 10.3 Å². The monoisotopic (exact) mass is 325 g/mol. The molecular weight excluding hydrogens is 302 g/mol. The molecule has 0 spiro atoms. The van der Waals surface area contributed by atoms with Gasteiger partial charge in [-0.1, -0.05) is 0 Å². The van der Waals surface area contributed by atoms with Crippen LogP contribution in [-0.4, -0.2) is 49.1 Å². The standard InChI is InChI=1S/C15H23N3O5/c1-5-23-15(21)11-8(2)12(17-9(11)3)14(20)18-10(13(16)19)6-7-22-4/h10,17H,5-7H2,1-4H3,(H2,16,19)(H,18,20)/t10-/m0/s1. The van der Waals surface area contributed by atoms with E-state index in [4.69, 9.17) is 15.2 Å². The molecule has 0 aliphatic rings. The van der Waals surface area contributed by atoms with Gasteiger partial charge in [0.2, 0.25) is 5.91 Å².